The molecule has 0 atom stereocenters. The quantitative estimate of drug-likeness (QED) is 0.681. The topological polar surface area (TPSA) is 32.9 Å². The predicted molar refractivity (Wildman–Crippen MR) is 82.7 cm³/mol. The van der Waals surface area contributed by atoms with Crippen molar-refractivity contribution in [3.8, 4) is 0 Å². The minimum Gasteiger partial charge on any atom is -0.359 e. The highest BCUT2D eigenvalue weighted by atomic mass is 35.5. The number of nitrogens with one attached hydrogen (secondary N) is 1. The molecule has 0 radical (unpaired) electrons. The van der Waals surface area contributed by atoms with Gasteiger partial charge in [-0.1, -0.05) is 41.4 Å². The van der Waals surface area contributed by atoms with Crippen molar-refractivity contribution in [2.45, 2.75) is 13.8 Å². The number of carbonyl (C=O) groups excluding carboxylic acids is 1. The molecule has 3 rings (SSSR count). The van der Waals surface area contributed by atoms with Gasteiger partial charge in [-0.25, -0.2) is 0 Å². The van der Waals surface area contributed by atoms with E-state index in [1.165, 1.54) is 0 Å². The van der Waals surface area contributed by atoms with E-state index in [9.17, 15) is 4.79 Å². The molecule has 100 valence electrons. The van der Waals surface area contributed by atoms with Crippen molar-refractivity contribution in [2.75, 3.05) is 0 Å². The highest BCUT2D eigenvalue weighted by molar-refractivity contribution is 6.35. The molecule has 0 saturated heterocycles. The fraction of sp³-hybridized carbons (Fsp3) is 0.118. The van der Waals surface area contributed by atoms with E-state index in [1.54, 1.807) is 6.20 Å². The van der Waals surface area contributed by atoms with Crippen LogP contribution in [0.4, 0.5) is 0 Å². The SMILES string of the molecule is Cc1ccc(C)c(C(=O)c2c[nH]c3c(Cl)cccc23)c1. The zero-order chi connectivity index (χ0) is 14.3. The van der Waals surface area contributed by atoms with E-state index in [0.717, 1.165) is 27.6 Å². The van der Waals surface area contributed by atoms with Crippen LogP contribution in [-0.4, -0.2) is 10.8 Å². The highest BCUT2D eigenvalue weighted by Gasteiger charge is 2.17. The zero-order valence-corrected chi connectivity index (χ0v) is 12.1. The van der Waals surface area contributed by atoms with Crippen molar-refractivity contribution in [2.24, 2.45) is 0 Å². The average molecular weight is 284 g/mol. The van der Waals surface area contributed by atoms with Gasteiger partial charge in [-0.15, -0.1) is 0 Å². The van der Waals surface area contributed by atoms with Gasteiger partial charge >= 0.3 is 0 Å². The summed E-state index contributed by atoms with van der Waals surface area (Å²) in [5, 5.41) is 1.49. The lowest BCUT2D eigenvalue weighted by Crippen LogP contribution is -2.03. The van der Waals surface area contributed by atoms with E-state index in [-0.39, 0.29) is 5.78 Å². The first-order chi connectivity index (χ1) is 9.58. The Morgan fingerprint density at radius 3 is 2.70 bits per heavy atom. The van der Waals surface area contributed by atoms with Crippen LogP contribution in [0.5, 0.6) is 0 Å². The molecule has 0 aliphatic carbocycles. The number of rotatable bonds is 2. The predicted octanol–water partition coefficient (Wildman–Crippen LogP) is 4.67. The first kappa shape index (κ1) is 12.9. The van der Waals surface area contributed by atoms with Crippen molar-refractivity contribution < 1.29 is 4.79 Å². The van der Waals surface area contributed by atoms with E-state index in [4.69, 9.17) is 11.6 Å². The maximum absolute atomic E-state index is 12.7. The Labute approximate surface area is 122 Å². The molecule has 0 unspecified atom stereocenters. The van der Waals surface area contributed by atoms with Crippen LogP contribution in [0.2, 0.25) is 5.02 Å². The summed E-state index contributed by atoms with van der Waals surface area (Å²) in [6.45, 7) is 3.94. The first-order valence-corrected chi connectivity index (χ1v) is 6.83. The average Bonchev–Trinajstić information content (AvgIpc) is 2.86. The van der Waals surface area contributed by atoms with Gasteiger partial charge in [-0.05, 0) is 31.5 Å². The van der Waals surface area contributed by atoms with E-state index >= 15 is 0 Å². The maximum Gasteiger partial charge on any atom is 0.195 e. The van der Waals surface area contributed by atoms with Crippen molar-refractivity contribution in [1.82, 2.24) is 4.98 Å². The summed E-state index contributed by atoms with van der Waals surface area (Å²) in [5.74, 6) is 0.0275. The van der Waals surface area contributed by atoms with Crippen LogP contribution < -0.4 is 0 Å². The van der Waals surface area contributed by atoms with E-state index in [1.807, 2.05) is 50.2 Å². The molecule has 0 saturated carbocycles. The first-order valence-electron chi connectivity index (χ1n) is 6.45. The standard InChI is InChI=1S/C17H14ClNO/c1-10-6-7-11(2)13(8-10)17(20)14-9-19-16-12(14)4-3-5-15(16)18/h3-9,19H,1-2H3. The molecule has 0 aliphatic heterocycles. The van der Waals surface area contributed by atoms with Crippen molar-refractivity contribution in [1.29, 1.82) is 0 Å². The number of H-pyrrole nitrogens is 1. The number of hydrogen-bond acceptors (Lipinski definition) is 1. The smallest absolute Gasteiger partial charge is 0.195 e. The number of benzene rings is 2. The zero-order valence-electron chi connectivity index (χ0n) is 11.3. The number of fused-ring (bicyclic) bond motifs is 1. The van der Waals surface area contributed by atoms with Gasteiger partial charge in [0.15, 0.2) is 5.78 Å². The monoisotopic (exact) mass is 283 g/mol. The Balaban J connectivity index is 2.18. The molecular weight excluding hydrogens is 270 g/mol. The summed E-state index contributed by atoms with van der Waals surface area (Å²) in [7, 11) is 0. The molecular formula is C17H14ClNO. The van der Waals surface area contributed by atoms with Gasteiger partial charge in [0.2, 0.25) is 0 Å². The van der Waals surface area contributed by atoms with Crippen LogP contribution in [0.3, 0.4) is 0 Å². The number of para-hydroxylation sites is 1. The number of aromatic amines is 1. The second-order valence-corrected chi connectivity index (χ2v) is 5.42. The molecule has 0 bridgehead atoms. The largest absolute Gasteiger partial charge is 0.359 e. The second kappa shape index (κ2) is 4.80. The lowest BCUT2D eigenvalue weighted by molar-refractivity contribution is 0.103. The Hall–Kier alpha value is -2.06. The number of hydrogen-bond donors (Lipinski definition) is 1. The number of ketones is 1. The summed E-state index contributed by atoms with van der Waals surface area (Å²) in [6, 6.07) is 11.5. The number of aryl methyl sites for hydroxylation is 2. The Bertz CT molecular complexity index is 817. The Kier molecular flexibility index (Phi) is 3.11. The third-order valence-corrected chi connectivity index (χ3v) is 3.86. The molecule has 3 heteroatoms. The number of halogens is 1. The molecule has 2 nitrogen and oxygen atoms in total. The molecule has 20 heavy (non-hydrogen) atoms. The van der Waals surface area contributed by atoms with Crippen LogP contribution in [0.25, 0.3) is 10.9 Å². The maximum atomic E-state index is 12.7. The fourth-order valence-corrected chi connectivity index (χ4v) is 2.66. The summed E-state index contributed by atoms with van der Waals surface area (Å²) >= 11 is 6.14. The summed E-state index contributed by atoms with van der Waals surface area (Å²) in [6.07, 6.45) is 1.74. The summed E-state index contributed by atoms with van der Waals surface area (Å²) in [4.78, 5) is 15.8. The molecule has 3 aromatic rings. The van der Waals surface area contributed by atoms with Crippen molar-refractivity contribution in [3.63, 3.8) is 0 Å². The molecule has 2 aromatic carbocycles. The molecule has 1 N–H and O–H groups in total. The summed E-state index contributed by atoms with van der Waals surface area (Å²) in [5.41, 5.74) is 4.28. The fourth-order valence-electron chi connectivity index (χ4n) is 2.43. The third-order valence-electron chi connectivity index (χ3n) is 3.55. The minimum atomic E-state index is 0.0275. The van der Waals surface area contributed by atoms with E-state index in [0.29, 0.717) is 10.6 Å². The molecule has 0 fully saturated rings. The van der Waals surface area contributed by atoms with Gasteiger partial charge in [0.25, 0.3) is 0 Å². The third kappa shape index (κ3) is 2.02. The van der Waals surface area contributed by atoms with Crippen LogP contribution >= 0.6 is 11.6 Å². The molecule has 0 amide bonds. The van der Waals surface area contributed by atoms with Crippen LogP contribution in [0, 0.1) is 13.8 Å². The lowest BCUT2D eigenvalue weighted by Gasteiger charge is -2.05. The van der Waals surface area contributed by atoms with Gasteiger partial charge in [0.1, 0.15) is 0 Å². The van der Waals surface area contributed by atoms with Crippen LogP contribution in [-0.2, 0) is 0 Å². The molecule has 1 aromatic heterocycles. The second-order valence-electron chi connectivity index (χ2n) is 5.01. The lowest BCUT2D eigenvalue weighted by atomic mass is 9.97. The van der Waals surface area contributed by atoms with E-state index < -0.39 is 0 Å². The Morgan fingerprint density at radius 1 is 1.10 bits per heavy atom. The Morgan fingerprint density at radius 2 is 1.90 bits per heavy atom. The van der Waals surface area contributed by atoms with E-state index in [2.05, 4.69) is 4.98 Å². The minimum absolute atomic E-state index is 0.0275. The van der Waals surface area contributed by atoms with Gasteiger partial charge in [-0.3, -0.25) is 4.79 Å². The molecule has 1 heterocycles. The van der Waals surface area contributed by atoms with Crippen LogP contribution in [0.15, 0.2) is 42.6 Å². The summed E-state index contributed by atoms with van der Waals surface area (Å²) < 4.78 is 0. The molecule has 0 spiro atoms. The van der Waals surface area contributed by atoms with Crippen LogP contribution in [0.1, 0.15) is 27.0 Å². The van der Waals surface area contributed by atoms with Crippen molar-refractivity contribution in [3.05, 3.63) is 69.9 Å². The van der Waals surface area contributed by atoms with Gasteiger partial charge < -0.3 is 4.98 Å². The van der Waals surface area contributed by atoms with Gasteiger partial charge in [0.05, 0.1) is 10.5 Å². The van der Waals surface area contributed by atoms with Crippen molar-refractivity contribution >= 4 is 28.3 Å². The normalized spacial score (nSPS) is 10.9. The number of aromatic nitrogens is 1. The molecule has 0 aliphatic rings. The highest BCUT2D eigenvalue weighted by Crippen LogP contribution is 2.27. The van der Waals surface area contributed by atoms with Gasteiger partial charge in [0, 0.05) is 22.7 Å². The number of carbonyl (C=O) groups is 1. The van der Waals surface area contributed by atoms with Gasteiger partial charge in [-0.2, -0.15) is 0 Å².